The van der Waals surface area contributed by atoms with Gasteiger partial charge in [-0.15, -0.1) is 0 Å². The van der Waals surface area contributed by atoms with E-state index >= 15 is 0 Å². The van der Waals surface area contributed by atoms with E-state index < -0.39 is 0 Å². The number of morpholine rings is 1. The summed E-state index contributed by atoms with van der Waals surface area (Å²) in [5.41, 5.74) is 4.23. The van der Waals surface area contributed by atoms with Crippen LogP contribution in [-0.2, 0) is 4.74 Å². The largest absolute Gasteiger partial charge is 0.494 e. The van der Waals surface area contributed by atoms with Gasteiger partial charge in [0.2, 0.25) is 0 Å². The van der Waals surface area contributed by atoms with Crippen LogP contribution in [0.2, 0.25) is 0 Å². The van der Waals surface area contributed by atoms with Crippen molar-refractivity contribution in [3.05, 3.63) is 65.9 Å². The Hall–Kier alpha value is -2.63. The second kappa shape index (κ2) is 8.59. The highest BCUT2D eigenvalue weighted by molar-refractivity contribution is 5.95. The molecule has 2 heterocycles. The van der Waals surface area contributed by atoms with E-state index in [4.69, 9.17) is 14.5 Å². The number of nitrogens with zero attached hydrogens (tertiary/aromatic N) is 2. The van der Waals surface area contributed by atoms with Crippen molar-refractivity contribution in [2.75, 3.05) is 45.3 Å². The van der Waals surface area contributed by atoms with Crippen molar-refractivity contribution in [1.29, 1.82) is 0 Å². The first-order chi connectivity index (χ1) is 13.7. The molecule has 1 aliphatic heterocycles. The second-order valence-corrected chi connectivity index (χ2v) is 7.19. The molecule has 5 nitrogen and oxygen atoms in total. The van der Waals surface area contributed by atoms with Crippen molar-refractivity contribution in [3.8, 4) is 5.75 Å². The molecule has 1 aliphatic rings. The number of nitrogens with one attached hydrogen (secondary N) is 1. The highest BCUT2D eigenvalue weighted by Crippen LogP contribution is 2.32. The van der Waals surface area contributed by atoms with Crippen molar-refractivity contribution in [1.82, 2.24) is 9.88 Å². The number of rotatable bonds is 6. The maximum atomic E-state index is 5.54. The van der Waals surface area contributed by atoms with Gasteiger partial charge in [-0.05, 0) is 24.6 Å². The molecule has 0 radical (unpaired) electrons. The molecule has 4 rings (SSSR count). The zero-order valence-electron chi connectivity index (χ0n) is 16.5. The zero-order valence-corrected chi connectivity index (χ0v) is 16.5. The lowest BCUT2D eigenvalue weighted by atomic mass is 10.0. The molecule has 1 fully saturated rings. The summed E-state index contributed by atoms with van der Waals surface area (Å²) in [6.45, 7) is 6.49. The first kappa shape index (κ1) is 18.7. The Kier molecular flexibility index (Phi) is 5.74. The van der Waals surface area contributed by atoms with Gasteiger partial charge in [-0.25, -0.2) is 4.98 Å². The van der Waals surface area contributed by atoms with Crippen LogP contribution in [0.25, 0.3) is 10.9 Å². The van der Waals surface area contributed by atoms with E-state index in [-0.39, 0.29) is 6.04 Å². The molecule has 0 saturated carbocycles. The third-order valence-corrected chi connectivity index (χ3v) is 5.23. The van der Waals surface area contributed by atoms with Crippen LogP contribution in [0.1, 0.15) is 17.3 Å². The Balaban J connectivity index is 1.70. The number of fused-ring (bicyclic) bond motifs is 1. The minimum Gasteiger partial charge on any atom is -0.494 e. The summed E-state index contributed by atoms with van der Waals surface area (Å²) in [5.74, 6) is 0.800. The molecule has 0 bridgehead atoms. The number of ether oxygens (including phenoxy) is 2. The fourth-order valence-electron chi connectivity index (χ4n) is 3.78. The highest BCUT2D eigenvalue weighted by atomic mass is 16.5. The summed E-state index contributed by atoms with van der Waals surface area (Å²) in [7, 11) is 1.69. The third kappa shape index (κ3) is 4.11. The number of methoxy groups -OCH3 is 1. The van der Waals surface area contributed by atoms with E-state index in [1.165, 1.54) is 5.56 Å². The smallest absolute Gasteiger partial charge is 0.145 e. The zero-order chi connectivity index (χ0) is 19.3. The molecule has 5 heteroatoms. The van der Waals surface area contributed by atoms with Crippen LogP contribution in [0.5, 0.6) is 5.75 Å². The van der Waals surface area contributed by atoms with E-state index in [1.54, 1.807) is 7.11 Å². The number of pyridine rings is 1. The fourth-order valence-corrected chi connectivity index (χ4v) is 3.78. The van der Waals surface area contributed by atoms with Gasteiger partial charge in [-0.1, -0.05) is 42.5 Å². The lowest BCUT2D eigenvalue weighted by Crippen LogP contribution is -2.40. The standard InChI is InChI=1S/C23H27N3O2/c1-17-15-20(19-9-6-10-22(27-2)23(19)24-17)25-21(18-7-4-3-5-8-18)16-26-11-13-28-14-12-26/h3-10,15,21H,11-14,16H2,1-2H3,(H,24,25). The molecule has 0 aliphatic carbocycles. The summed E-state index contributed by atoms with van der Waals surface area (Å²) in [4.78, 5) is 7.17. The van der Waals surface area contributed by atoms with Crippen molar-refractivity contribution < 1.29 is 9.47 Å². The molecule has 0 spiro atoms. The van der Waals surface area contributed by atoms with Gasteiger partial charge in [0.25, 0.3) is 0 Å². The average molecular weight is 377 g/mol. The summed E-state index contributed by atoms with van der Waals surface area (Å²) in [5, 5.41) is 4.88. The monoisotopic (exact) mass is 377 g/mol. The normalized spacial score (nSPS) is 16.1. The number of benzene rings is 2. The van der Waals surface area contributed by atoms with Gasteiger partial charge in [-0.3, -0.25) is 4.90 Å². The molecule has 1 N–H and O–H groups in total. The maximum absolute atomic E-state index is 5.54. The number of para-hydroxylation sites is 1. The molecule has 1 atom stereocenters. The summed E-state index contributed by atoms with van der Waals surface area (Å²) in [6, 6.07) is 19.0. The molecule has 3 aromatic rings. The number of aryl methyl sites for hydroxylation is 1. The van der Waals surface area contributed by atoms with Crippen LogP contribution in [0.4, 0.5) is 5.69 Å². The highest BCUT2D eigenvalue weighted by Gasteiger charge is 2.20. The number of hydrogen-bond donors (Lipinski definition) is 1. The Bertz CT molecular complexity index is 924. The summed E-state index contributed by atoms with van der Waals surface area (Å²) >= 11 is 0. The Morgan fingerprint density at radius 3 is 2.64 bits per heavy atom. The Morgan fingerprint density at radius 1 is 1.11 bits per heavy atom. The van der Waals surface area contributed by atoms with E-state index in [0.29, 0.717) is 0 Å². The van der Waals surface area contributed by atoms with Gasteiger partial charge in [-0.2, -0.15) is 0 Å². The Labute approximate surface area is 166 Å². The number of anilines is 1. The molecule has 146 valence electrons. The first-order valence-corrected chi connectivity index (χ1v) is 9.80. The van der Waals surface area contributed by atoms with E-state index in [9.17, 15) is 0 Å². The van der Waals surface area contributed by atoms with Crippen molar-refractivity contribution in [2.24, 2.45) is 0 Å². The fraction of sp³-hybridized carbons (Fsp3) is 0.348. The van der Waals surface area contributed by atoms with Crippen molar-refractivity contribution in [2.45, 2.75) is 13.0 Å². The Morgan fingerprint density at radius 2 is 1.89 bits per heavy atom. The van der Waals surface area contributed by atoms with Gasteiger partial charge in [0.15, 0.2) is 0 Å². The quantitative estimate of drug-likeness (QED) is 0.703. The topological polar surface area (TPSA) is 46.6 Å². The molecular weight excluding hydrogens is 350 g/mol. The molecule has 28 heavy (non-hydrogen) atoms. The SMILES string of the molecule is COc1cccc2c(NC(CN3CCOCC3)c3ccccc3)cc(C)nc12. The average Bonchev–Trinajstić information content (AvgIpc) is 2.74. The summed E-state index contributed by atoms with van der Waals surface area (Å²) < 4.78 is 11.1. The number of aromatic nitrogens is 1. The van der Waals surface area contributed by atoms with Crippen LogP contribution >= 0.6 is 0 Å². The molecular formula is C23H27N3O2. The van der Waals surface area contributed by atoms with Crippen molar-refractivity contribution >= 4 is 16.6 Å². The lowest BCUT2D eigenvalue weighted by molar-refractivity contribution is 0.0361. The van der Waals surface area contributed by atoms with Gasteiger partial charge in [0.05, 0.1) is 26.4 Å². The van der Waals surface area contributed by atoms with Gasteiger partial charge < -0.3 is 14.8 Å². The van der Waals surface area contributed by atoms with Gasteiger partial charge in [0, 0.05) is 36.4 Å². The van der Waals surface area contributed by atoms with E-state index in [0.717, 1.165) is 60.9 Å². The van der Waals surface area contributed by atoms with E-state index in [1.807, 2.05) is 19.1 Å². The van der Waals surface area contributed by atoms with Gasteiger partial charge >= 0.3 is 0 Å². The minimum atomic E-state index is 0.176. The molecule has 1 unspecified atom stereocenters. The first-order valence-electron chi connectivity index (χ1n) is 9.80. The van der Waals surface area contributed by atoms with Crippen molar-refractivity contribution in [3.63, 3.8) is 0 Å². The molecule has 0 amide bonds. The number of hydrogen-bond acceptors (Lipinski definition) is 5. The second-order valence-electron chi connectivity index (χ2n) is 7.19. The van der Waals surface area contributed by atoms with Crippen LogP contribution < -0.4 is 10.1 Å². The minimum absolute atomic E-state index is 0.176. The molecule has 1 saturated heterocycles. The molecule has 2 aromatic carbocycles. The molecule has 1 aromatic heterocycles. The van der Waals surface area contributed by atoms with Crippen LogP contribution in [-0.4, -0.2) is 49.8 Å². The predicted octanol–water partition coefficient (Wildman–Crippen LogP) is 4.04. The lowest BCUT2D eigenvalue weighted by Gasteiger charge is -2.32. The van der Waals surface area contributed by atoms with Crippen LogP contribution in [0.15, 0.2) is 54.6 Å². The van der Waals surface area contributed by atoms with Gasteiger partial charge in [0.1, 0.15) is 11.3 Å². The predicted molar refractivity (Wildman–Crippen MR) is 113 cm³/mol. The van der Waals surface area contributed by atoms with Crippen LogP contribution in [0.3, 0.4) is 0 Å². The van der Waals surface area contributed by atoms with E-state index in [2.05, 4.69) is 52.7 Å². The van der Waals surface area contributed by atoms with Crippen LogP contribution in [0, 0.1) is 6.92 Å². The maximum Gasteiger partial charge on any atom is 0.145 e. The summed E-state index contributed by atoms with van der Waals surface area (Å²) in [6.07, 6.45) is 0. The third-order valence-electron chi connectivity index (χ3n) is 5.23.